The second kappa shape index (κ2) is 6.12. The van der Waals surface area contributed by atoms with Crippen LogP contribution in [0.2, 0.25) is 0 Å². The van der Waals surface area contributed by atoms with Crippen LogP contribution in [0.1, 0.15) is 46.3 Å². The van der Waals surface area contributed by atoms with Crippen LogP contribution in [-0.4, -0.2) is 41.1 Å². The van der Waals surface area contributed by atoms with E-state index >= 15 is 0 Å². The van der Waals surface area contributed by atoms with Gasteiger partial charge in [0, 0.05) is 20.1 Å². The van der Waals surface area contributed by atoms with Gasteiger partial charge in [0.2, 0.25) is 0 Å². The van der Waals surface area contributed by atoms with Gasteiger partial charge in [-0.25, -0.2) is 9.78 Å². The number of ether oxygens (including phenoxy) is 1. The maximum absolute atomic E-state index is 11.3. The minimum absolute atomic E-state index is 0.131. The molecule has 0 spiro atoms. The Hall–Kier alpha value is -1.47. The highest BCUT2D eigenvalue weighted by Gasteiger charge is 2.21. The molecule has 0 aromatic carbocycles. The summed E-state index contributed by atoms with van der Waals surface area (Å²) >= 11 is 1.08. The number of aromatic nitrogens is 1. The van der Waals surface area contributed by atoms with Crippen molar-refractivity contribution in [3.05, 3.63) is 10.6 Å². The summed E-state index contributed by atoms with van der Waals surface area (Å²) in [6.07, 6.45) is 3.35. The number of hydrogen-bond donors (Lipinski definition) is 2. The highest BCUT2D eigenvalue weighted by Crippen LogP contribution is 2.24. The van der Waals surface area contributed by atoms with E-state index in [-0.39, 0.29) is 22.5 Å². The number of carboxylic acids is 1. The maximum Gasteiger partial charge on any atom is 0.356 e. The average molecular weight is 284 g/mol. The monoisotopic (exact) mass is 284 g/mol. The molecule has 1 fully saturated rings. The Morgan fingerprint density at radius 1 is 1.53 bits per heavy atom. The van der Waals surface area contributed by atoms with Crippen molar-refractivity contribution in [2.75, 3.05) is 18.5 Å². The second-order valence-electron chi connectivity index (χ2n) is 4.43. The zero-order chi connectivity index (χ0) is 13.8. The molecule has 6 nitrogen and oxygen atoms in total. The van der Waals surface area contributed by atoms with Crippen molar-refractivity contribution in [3.63, 3.8) is 0 Å². The predicted octanol–water partition coefficient (Wildman–Crippen LogP) is 2.02. The molecule has 2 heterocycles. The fraction of sp³-hybridized carbons (Fsp3) is 0.583. The van der Waals surface area contributed by atoms with Crippen LogP contribution in [0.25, 0.3) is 0 Å². The summed E-state index contributed by atoms with van der Waals surface area (Å²) < 4.78 is 5.56. The van der Waals surface area contributed by atoms with Crippen molar-refractivity contribution >= 4 is 28.2 Å². The van der Waals surface area contributed by atoms with Crippen molar-refractivity contribution in [2.45, 2.75) is 32.3 Å². The Morgan fingerprint density at radius 3 is 2.84 bits per heavy atom. The first-order valence-electron chi connectivity index (χ1n) is 6.18. The zero-order valence-corrected chi connectivity index (χ0v) is 11.5. The van der Waals surface area contributed by atoms with Gasteiger partial charge in [-0.2, -0.15) is 0 Å². The molecule has 1 aromatic rings. The van der Waals surface area contributed by atoms with Crippen LogP contribution in [-0.2, 0) is 4.74 Å². The largest absolute Gasteiger partial charge is 0.476 e. The van der Waals surface area contributed by atoms with Gasteiger partial charge in [-0.15, -0.1) is 0 Å². The van der Waals surface area contributed by atoms with E-state index in [9.17, 15) is 9.59 Å². The molecule has 2 rings (SSSR count). The lowest BCUT2D eigenvalue weighted by atomic mass is 10.1. The van der Waals surface area contributed by atoms with Crippen molar-refractivity contribution < 1.29 is 19.4 Å². The Bertz CT molecular complexity index is 449. The lowest BCUT2D eigenvalue weighted by molar-refractivity contribution is 0.0247. The predicted molar refractivity (Wildman–Crippen MR) is 71.2 cm³/mol. The first kappa shape index (κ1) is 14.0. The van der Waals surface area contributed by atoms with E-state index in [0.717, 1.165) is 37.2 Å². The van der Waals surface area contributed by atoms with Gasteiger partial charge in [0.05, 0.1) is 6.10 Å². The molecule has 1 aliphatic heterocycles. The number of aromatic carboxylic acids is 1. The van der Waals surface area contributed by atoms with Crippen LogP contribution in [0.4, 0.5) is 5.13 Å². The van der Waals surface area contributed by atoms with Crippen LogP contribution < -0.4 is 5.32 Å². The van der Waals surface area contributed by atoms with Crippen molar-refractivity contribution in [1.82, 2.24) is 4.98 Å². The summed E-state index contributed by atoms with van der Waals surface area (Å²) in [7, 11) is 0. The van der Waals surface area contributed by atoms with E-state index in [2.05, 4.69) is 10.3 Å². The van der Waals surface area contributed by atoms with Crippen LogP contribution in [0.5, 0.6) is 0 Å². The number of ketones is 1. The normalized spacial score (nSPS) is 19.1. The topological polar surface area (TPSA) is 88.5 Å². The van der Waals surface area contributed by atoms with Gasteiger partial charge in [0.1, 0.15) is 4.88 Å². The van der Waals surface area contributed by atoms with Gasteiger partial charge in [-0.3, -0.25) is 4.79 Å². The summed E-state index contributed by atoms with van der Waals surface area (Å²) in [4.78, 5) is 26.5. The van der Waals surface area contributed by atoms with Crippen LogP contribution in [0.15, 0.2) is 0 Å². The van der Waals surface area contributed by atoms with Gasteiger partial charge in [-0.1, -0.05) is 11.3 Å². The lowest BCUT2D eigenvalue weighted by Gasteiger charge is -2.22. The number of carbonyl (C=O) groups is 2. The van der Waals surface area contributed by atoms with Crippen molar-refractivity contribution in [1.29, 1.82) is 0 Å². The molecule has 0 bridgehead atoms. The molecule has 0 aliphatic carbocycles. The average Bonchev–Trinajstić information content (AvgIpc) is 2.82. The number of carbonyl (C=O) groups excluding carboxylic acids is 1. The Balaban J connectivity index is 2.02. The number of Topliss-reactive ketones (excluding diaryl/α,β-unsaturated/α-hetero) is 1. The number of hydrogen-bond acceptors (Lipinski definition) is 6. The summed E-state index contributed by atoms with van der Waals surface area (Å²) in [6.45, 7) is 2.70. The van der Waals surface area contributed by atoms with Gasteiger partial charge in [0.15, 0.2) is 16.6 Å². The third-order valence-corrected chi connectivity index (χ3v) is 4.02. The summed E-state index contributed by atoms with van der Waals surface area (Å²) in [5, 5.41) is 12.5. The van der Waals surface area contributed by atoms with Crippen LogP contribution in [0.3, 0.4) is 0 Å². The highest BCUT2D eigenvalue weighted by atomic mass is 32.1. The molecule has 1 saturated heterocycles. The second-order valence-corrected chi connectivity index (χ2v) is 5.43. The number of anilines is 1. The quantitative estimate of drug-likeness (QED) is 0.804. The fourth-order valence-electron chi connectivity index (χ4n) is 1.95. The van der Waals surface area contributed by atoms with E-state index < -0.39 is 5.97 Å². The number of nitrogens with one attached hydrogen (secondary N) is 1. The van der Waals surface area contributed by atoms with Gasteiger partial charge >= 0.3 is 5.97 Å². The molecular weight excluding hydrogens is 268 g/mol. The maximum atomic E-state index is 11.3. The molecule has 0 saturated carbocycles. The summed E-state index contributed by atoms with van der Waals surface area (Å²) in [5.41, 5.74) is -0.176. The lowest BCUT2D eigenvalue weighted by Crippen LogP contribution is -2.26. The van der Waals surface area contributed by atoms with E-state index in [4.69, 9.17) is 9.84 Å². The van der Waals surface area contributed by atoms with Gasteiger partial charge < -0.3 is 15.2 Å². The molecule has 7 heteroatoms. The van der Waals surface area contributed by atoms with E-state index in [0.29, 0.717) is 11.7 Å². The molecule has 0 amide bonds. The summed E-state index contributed by atoms with van der Waals surface area (Å²) in [6, 6.07) is 0. The molecule has 104 valence electrons. The SMILES string of the molecule is CC(=O)c1sc(NCC2CCCCO2)nc1C(=O)O. The number of thiazole rings is 1. The van der Waals surface area contributed by atoms with E-state index in [1.807, 2.05) is 0 Å². The molecule has 1 unspecified atom stereocenters. The molecule has 1 aromatic heterocycles. The number of rotatable bonds is 5. The zero-order valence-electron chi connectivity index (χ0n) is 10.6. The van der Waals surface area contributed by atoms with E-state index in [1.54, 1.807) is 0 Å². The summed E-state index contributed by atoms with van der Waals surface area (Å²) in [5.74, 6) is -1.46. The van der Waals surface area contributed by atoms with Crippen molar-refractivity contribution in [2.24, 2.45) is 0 Å². The first-order valence-corrected chi connectivity index (χ1v) is 7.00. The standard InChI is InChI=1S/C12H16N2O4S/c1-7(15)10-9(11(16)17)14-12(19-10)13-6-8-4-2-3-5-18-8/h8H,2-6H2,1H3,(H,13,14)(H,16,17). The number of carboxylic acid groups (broad SMARTS) is 1. The third kappa shape index (κ3) is 3.51. The van der Waals surface area contributed by atoms with Gasteiger partial charge in [0.25, 0.3) is 0 Å². The van der Waals surface area contributed by atoms with Crippen LogP contribution in [0, 0.1) is 0 Å². The molecule has 19 heavy (non-hydrogen) atoms. The molecule has 2 N–H and O–H groups in total. The first-order chi connectivity index (χ1) is 9.08. The number of nitrogens with zero attached hydrogens (tertiary/aromatic N) is 1. The fourth-order valence-corrected chi connectivity index (χ4v) is 2.81. The smallest absolute Gasteiger partial charge is 0.356 e. The Labute approximate surface area is 114 Å². The van der Waals surface area contributed by atoms with Crippen LogP contribution >= 0.6 is 11.3 Å². The minimum Gasteiger partial charge on any atom is -0.476 e. The Morgan fingerprint density at radius 2 is 2.32 bits per heavy atom. The minimum atomic E-state index is -1.18. The van der Waals surface area contributed by atoms with E-state index in [1.165, 1.54) is 6.92 Å². The third-order valence-electron chi connectivity index (χ3n) is 2.90. The molecule has 0 radical (unpaired) electrons. The Kier molecular flexibility index (Phi) is 4.49. The highest BCUT2D eigenvalue weighted by molar-refractivity contribution is 7.17. The molecule has 1 atom stereocenters. The van der Waals surface area contributed by atoms with Crippen molar-refractivity contribution in [3.8, 4) is 0 Å². The molecular formula is C12H16N2O4S. The van der Waals surface area contributed by atoms with Gasteiger partial charge in [-0.05, 0) is 19.3 Å². The molecule has 1 aliphatic rings.